The molecule has 5 nitrogen and oxygen atoms in total. The molecular formula is C12H16N2O3. The van der Waals surface area contributed by atoms with Gasteiger partial charge in [0.15, 0.2) is 0 Å². The molecule has 1 aromatic carbocycles. The summed E-state index contributed by atoms with van der Waals surface area (Å²) in [5.74, 6) is 0. The van der Waals surface area contributed by atoms with Crippen molar-refractivity contribution >= 4 is 11.4 Å². The smallest absolute Gasteiger partial charge is 0.292 e. The molecule has 1 saturated heterocycles. The van der Waals surface area contributed by atoms with Crippen molar-refractivity contribution in [2.75, 3.05) is 31.2 Å². The first-order chi connectivity index (χ1) is 8.22. The molecule has 0 bridgehead atoms. The number of nitro benzene ring substituents is 1. The first-order valence-electron chi connectivity index (χ1n) is 5.82. The molecule has 0 saturated carbocycles. The Kier molecular flexibility index (Phi) is 3.58. The maximum Gasteiger partial charge on any atom is 0.292 e. The van der Waals surface area contributed by atoms with Gasteiger partial charge < -0.3 is 9.64 Å². The molecule has 0 N–H and O–H groups in total. The second kappa shape index (κ2) is 5.14. The summed E-state index contributed by atoms with van der Waals surface area (Å²) in [7, 11) is 0. The van der Waals surface area contributed by atoms with E-state index in [1.807, 2.05) is 24.0 Å². The van der Waals surface area contributed by atoms with Crippen molar-refractivity contribution in [2.24, 2.45) is 0 Å². The maximum atomic E-state index is 11.0. The van der Waals surface area contributed by atoms with E-state index in [4.69, 9.17) is 4.74 Å². The highest BCUT2D eigenvalue weighted by Gasteiger charge is 2.21. The average Bonchev–Trinajstić information content (AvgIpc) is 2.39. The summed E-state index contributed by atoms with van der Waals surface area (Å²) in [6.07, 6.45) is 0.884. The summed E-state index contributed by atoms with van der Waals surface area (Å²) < 4.78 is 5.27. The highest BCUT2D eigenvalue weighted by molar-refractivity contribution is 5.64. The van der Waals surface area contributed by atoms with Crippen LogP contribution in [0.5, 0.6) is 0 Å². The fraction of sp³-hybridized carbons (Fsp3) is 0.500. The minimum absolute atomic E-state index is 0.184. The lowest BCUT2D eigenvalue weighted by Crippen LogP contribution is -2.36. The van der Waals surface area contributed by atoms with Gasteiger partial charge >= 0.3 is 0 Å². The van der Waals surface area contributed by atoms with Gasteiger partial charge in [-0.2, -0.15) is 0 Å². The molecule has 2 rings (SSSR count). The van der Waals surface area contributed by atoms with Crippen LogP contribution >= 0.6 is 0 Å². The Labute approximate surface area is 100 Å². The molecule has 1 fully saturated rings. The lowest BCUT2D eigenvalue weighted by Gasteiger charge is -2.28. The van der Waals surface area contributed by atoms with E-state index in [0.29, 0.717) is 26.3 Å². The number of ether oxygens (including phenoxy) is 1. The van der Waals surface area contributed by atoms with Crippen LogP contribution in [-0.2, 0) is 11.2 Å². The van der Waals surface area contributed by atoms with Crippen molar-refractivity contribution in [1.82, 2.24) is 0 Å². The molecule has 0 aliphatic carbocycles. The van der Waals surface area contributed by atoms with E-state index in [0.717, 1.165) is 17.7 Å². The molecule has 92 valence electrons. The molecule has 1 aliphatic heterocycles. The van der Waals surface area contributed by atoms with Crippen molar-refractivity contribution in [3.8, 4) is 0 Å². The van der Waals surface area contributed by atoms with Gasteiger partial charge in [0.2, 0.25) is 0 Å². The highest BCUT2D eigenvalue weighted by Crippen LogP contribution is 2.29. The van der Waals surface area contributed by atoms with Crippen molar-refractivity contribution in [1.29, 1.82) is 0 Å². The zero-order chi connectivity index (χ0) is 12.3. The molecule has 1 aromatic rings. The van der Waals surface area contributed by atoms with Crippen LogP contribution < -0.4 is 4.90 Å². The quantitative estimate of drug-likeness (QED) is 0.595. The summed E-state index contributed by atoms with van der Waals surface area (Å²) in [6, 6.07) is 5.34. The van der Waals surface area contributed by atoms with Crippen LogP contribution in [0.25, 0.3) is 0 Å². The van der Waals surface area contributed by atoms with E-state index in [1.54, 1.807) is 6.07 Å². The summed E-state index contributed by atoms with van der Waals surface area (Å²) in [5, 5.41) is 11.0. The number of hydrogen-bond acceptors (Lipinski definition) is 4. The Morgan fingerprint density at radius 3 is 2.71 bits per heavy atom. The van der Waals surface area contributed by atoms with Crippen molar-refractivity contribution in [3.05, 3.63) is 33.9 Å². The predicted octanol–water partition coefficient (Wildman–Crippen LogP) is 1.99. The third kappa shape index (κ3) is 2.55. The number of aryl methyl sites for hydroxylation is 1. The van der Waals surface area contributed by atoms with Crippen LogP contribution in [0.2, 0.25) is 0 Å². The number of morpholine rings is 1. The molecule has 0 amide bonds. The van der Waals surface area contributed by atoms with Crippen LogP contribution in [0.15, 0.2) is 18.2 Å². The summed E-state index contributed by atoms with van der Waals surface area (Å²) >= 11 is 0. The second-order valence-corrected chi connectivity index (χ2v) is 4.03. The zero-order valence-corrected chi connectivity index (χ0v) is 9.89. The van der Waals surface area contributed by atoms with Gasteiger partial charge in [-0.15, -0.1) is 0 Å². The Bertz CT molecular complexity index is 414. The van der Waals surface area contributed by atoms with Crippen LogP contribution in [0.4, 0.5) is 11.4 Å². The minimum atomic E-state index is -0.315. The first kappa shape index (κ1) is 11.9. The van der Waals surface area contributed by atoms with Gasteiger partial charge in [-0.3, -0.25) is 10.1 Å². The highest BCUT2D eigenvalue weighted by atomic mass is 16.6. The van der Waals surface area contributed by atoms with E-state index in [1.165, 1.54) is 0 Å². The normalized spacial score (nSPS) is 15.9. The minimum Gasteiger partial charge on any atom is -0.378 e. The van der Waals surface area contributed by atoms with Gasteiger partial charge in [0, 0.05) is 19.2 Å². The molecule has 0 spiro atoms. The molecule has 0 atom stereocenters. The van der Waals surface area contributed by atoms with Crippen LogP contribution in [0.3, 0.4) is 0 Å². The molecular weight excluding hydrogens is 220 g/mol. The second-order valence-electron chi connectivity index (χ2n) is 4.03. The molecule has 0 radical (unpaired) electrons. The van der Waals surface area contributed by atoms with Gasteiger partial charge in [0.1, 0.15) is 5.69 Å². The molecule has 1 aliphatic rings. The SMILES string of the molecule is CCc1ccc([N+](=O)[O-])c(N2CCOCC2)c1. The average molecular weight is 236 g/mol. The number of rotatable bonds is 3. The zero-order valence-electron chi connectivity index (χ0n) is 9.89. The summed E-state index contributed by atoms with van der Waals surface area (Å²) in [6.45, 7) is 4.74. The lowest BCUT2D eigenvalue weighted by atomic mass is 10.1. The van der Waals surface area contributed by atoms with Crippen molar-refractivity contribution < 1.29 is 9.66 Å². The Morgan fingerprint density at radius 2 is 2.12 bits per heavy atom. The van der Waals surface area contributed by atoms with Crippen molar-refractivity contribution in [2.45, 2.75) is 13.3 Å². The van der Waals surface area contributed by atoms with E-state index >= 15 is 0 Å². The fourth-order valence-electron chi connectivity index (χ4n) is 2.00. The van der Waals surface area contributed by atoms with Gasteiger partial charge in [0.05, 0.1) is 18.1 Å². The third-order valence-corrected chi connectivity index (χ3v) is 3.00. The largest absolute Gasteiger partial charge is 0.378 e. The van der Waals surface area contributed by atoms with Crippen molar-refractivity contribution in [3.63, 3.8) is 0 Å². The van der Waals surface area contributed by atoms with E-state index in [2.05, 4.69) is 0 Å². The number of nitro groups is 1. The van der Waals surface area contributed by atoms with Gasteiger partial charge in [-0.25, -0.2) is 0 Å². The molecule has 0 unspecified atom stereocenters. The predicted molar refractivity (Wildman–Crippen MR) is 65.5 cm³/mol. The maximum absolute atomic E-state index is 11.0. The van der Waals surface area contributed by atoms with Crippen LogP contribution in [-0.4, -0.2) is 31.2 Å². The van der Waals surface area contributed by atoms with Gasteiger partial charge in [-0.05, 0) is 18.1 Å². The Morgan fingerprint density at radius 1 is 1.41 bits per heavy atom. The van der Waals surface area contributed by atoms with Crippen LogP contribution in [0, 0.1) is 10.1 Å². The van der Waals surface area contributed by atoms with Crippen LogP contribution in [0.1, 0.15) is 12.5 Å². The topological polar surface area (TPSA) is 55.6 Å². The Balaban J connectivity index is 2.36. The first-order valence-corrected chi connectivity index (χ1v) is 5.82. The fourth-order valence-corrected chi connectivity index (χ4v) is 2.00. The molecule has 0 aromatic heterocycles. The number of hydrogen-bond donors (Lipinski definition) is 0. The van der Waals surface area contributed by atoms with E-state index in [9.17, 15) is 10.1 Å². The van der Waals surface area contributed by atoms with Gasteiger partial charge in [-0.1, -0.05) is 13.0 Å². The number of benzene rings is 1. The van der Waals surface area contributed by atoms with Gasteiger partial charge in [0.25, 0.3) is 5.69 Å². The van der Waals surface area contributed by atoms with E-state index < -0.39 is 0 Å². The monoisotopic (exact) mass is 236 g/mol. The lowest BCUT2D eigenvalue weighted by molar-refractivity contribution is -0.384. The standard InChI is InChI=1S/C12H16N2O3/c1-2-10-3-4-11(14(15)16)12(9-10)13-5-7-17-8-6-13/h3-4,9H,2,5-8H2,1H3. The molecule has 5 heteroatoms. The summed E-state index contributed by atoms with van der Waals surface area (Å²) in [4.78, 5) is 12.7. The van der Waals surface area contributed by atoms with E-state index in [-0.39, 0.29) is 10.6 Å². The molecule has 17 heavy (non-hydrogen) atoms. The third-order valence-electron chi connectivity index (χ3n) is 3.00. The Hall–Kier alpha value is -1.62. The molecule has 1 heterocycles. The summed E-state index contributed by atoms with van der Waals surface area (Å²) in [5.41, 5.74) is 2.03. The number of anilines is 1. The number of nitrogens with zero attached hydrogens (tertiary/aromatic N) is 2.